The molecule has 5 nitrogen and oxygen atoms in total. The lowest BCUT2D eigenvalue weighted by Gasteiger charge is -2.09. The van der Waals surface area contributed by atoms with Gasteiger partial charge in [0.25, 0.3) is 5.91 Å². The number of anilines is 3. The van der Waals surface area contributed by atoms with Gasteiger partial charge in [0.2, 0.25) is 0 Å². The van der Waals surface area contributed by atoms with E-state index < -0.39 is 0 Å². The zero-order chi connectivity index (χ0) is 17.6. The van der Waals surface area contributed by atoms with Crippen LogP contribution < -0.4 is 15.4 Å². The summed E-state index contributed by atoms with van der Waals surface area (Å²) in [6.07, 6.45) is 3.09. The molecule has 2 aromatic carbocycles. The van der Waals surface area contributed by atoms with Gasteiger partial charge in [0.1, 0.15) is 11.6 Å². The summed E-state index contributed by atoms with van der Waals surface area (Å²) in [7, 11) is 1.60. The quantitative estimate of drug-likeness (QED) is 0.731. The molecule has 3 rings (SSSR count). The largest absolute Gasteiger partial charge is 0.497 e. The fourth-order valence-corrected chi connectivity index (χ4v) is 2.24. The Morgan fingerprint density at radius 3 is 2.56 bits per heavy atom. The molecule has 3 aromatic rings. The number of benzene rings is 2. The monoisotopic (exact) mass is 337 g/mol. The highest BCUT2D eigenvalue weighted by Crippen LogP contribution is 2.21. The molecule has 0 aliphatic carbocycles. The number of hydrogen-bond acceptors (Lipinski definition) is 4. The lowest BCUT2D eigenvalue weighted by atomic mass is 10.2. The predicted molar refractivity (Wildman–Crippen MR) is 94.9 cm³/mol. The fraction of sp³-hybridized carbons (Fsp3) is 0.0526. The first-order valence-corrected chi connectivity index (χ1v) is 7.57. The highest BCUT2D eigenvalue weighted by Gasteiger charge is 2.08. The number of hydrogen-bond donors (Lipinski definition) is 2. The Bertz CT molecular complexity index is 882. The van der Waals surface area contributed by atoms with Crippen LogP contribution in [0.4, 0.5) is 21.5 Å². The average molecular weight is 337 g/mol. The van der Waals surface area contributed by atoms with Crippen molar-refractivity contribution in [1.82, 2.24) is 4.98 Å². The Morgan fingerprint density at radius 2 is 1.80 bits per heavy atom. The highest BCUT2D eigenvalue weighted by molar-refractivity contribution is 6.04. The average Bonchev–Trinajstić information content (AvgIpc) is 2.64. The van der Waals surface area contributed by atoms with Gasteiger partial charge in [-0.05, 0) is 42.5 Å². The van der Waals surface area contributed by atoms with Crippen LogP contribution in [0.5, 0.6) is 5.75 Å². The maximum Gasteiger partial charge on any atom is 0.257 e. The Kier molecular flexibility index (Phi) is 4.89. The first-order valence-electron chi connectivity index (χ1n) is 7.57. The standard InChI is InChI=1S/C19H16FN3O2/c1-25-18-4-2-3-16(10-18)22-17-9-13(11-21-12-17)19(24)23-15-7-5-14(20)6-8-15/h2-12,22H,1H3,(H,23,24). The van der Waals surface area contributed by atoms with Gasteiger partial charge in [-0.15, -0.1) is 0 Å². The summed E-state index contributed by atoms with van der Waals surface area (Å²) in [6.45, 7) is 0. The summed E-state index contributed by atoms with van der Waals surface area (Å²) >= 11 is 0. The smallest absolute Gasteiger partial charge is 0.257 e. The van der Waals surface area contributed by atoms with E-state index in [0.717, 1.165) is 11.4 Å². The molecular formula is C19H16FN3O2. The minimum atomic E-state index is -0.357. The molecule has 25 heavy (non-hydrogen) atoms. The van der Waals surface area contributed by atoms with E-state index in [1.165, 1.54) is 30.5 Å². The number of methoxy groups -OCH3 is 1. The number of rotatable bonds is 5. The lowest BCUT2D eigenvalue weighted by molar-refractivity contribution is 0.102. The molecule has 0 bridgehead atoms. The van der Waals surface area contributed by atoms with Crippen LogP contribution in [0.25, 0.3) is 0 Å². The van der Waals surface area contributed by atoms with Gasteiger partial charge in [0, 0.05) is 23.6 Å². The van der Waals surface area contributed by atoms with E-state index in [0.29, 0.717) is 16.9 Å². The molecule has 6 heteroatoms. The number of carbonyl (C=O) groups excluding carboxylic acids is 1. The number of nitrogens with zero attached hydrogens (tertiary/aromatic N) is 1. The number of carbonyl (C=O) groups is 1. The summed E-state index contributed by atoms with van der Waals surface area (Å²) < 4.78 is 18.1. The molecule has 0 fully saturated rings. The van der Waals surface area contributed by atoms with Gasteiger partial charge in [0.15, 0.2) is 0 Å². The third-order valence-corrected chi connectivity index (χ3v) is 3.46. The lowest BCUT2D eigenvalue weighted by Crippen LogP contribution is -2.12. The molecule has 0 saturated heterocycles. The second-order valence-electron chi connectivity index (χ2n) is 5.28. The summed E-state index contributed by atoms with van der Waals surface area (Å²) in [5.41, 5.74) is 2.38. The fourth-order valence-electron chi connectivity index (χ4n) is 2.24. The zero-order valence-electron chi connectivity index (χ0n) is 13.5. The molecule has 126 valence electrons. The van der Waals surface area contributed by atoms with Crippen LogP contribution >= 0.6 is 0 Å². The van der Waals surface area contributed by atoms with Crippen LogP contribution in [0.1, 0.15) is 10.4 Å². The molecule has 0 aliphatic heterocycles. The van der Waals surface area contributed by atoms with Crippen molar-refractivity contribution in [2.45, 2.75) is 0 Å². The number of nitrogens with one attached hydrogen (secondary N) is 2. The van der Waals surface area contributed by atoms with Gasteiger partial charge in [-0.3, -0.25) is 9.78 Å². The van der Waals surface area contributed by atoms with Crippen molar-refractivity contribution in [2.75, 3.05) is 17.7 Å². The molecule has 0 unspecified atom stereocenters. The molecule has 0 saturated carbocycles. The molecular weight excluding hydrogens is 321 g/mol. The van der Waals surface area contributed by atoms with Gasteiger partial charge in [0.05, 0.1) is 24.6 Å². The van der Waals surface area contributed by atoms with E-state index in [-0.39, 0.29) is 11.7 Å². The summed E-state index contributed by atoms with van der Waals surface area (Å²) in [5, 5.41) is 5.87. The Morgan fingerprint density at radius 1 is 1.00 bits per heavy atom. The van der Waals surface area contributed by atoms with Gasteiger partial charge in [-0.2, -0.15) is 0 Å². The number of halogens is 1. The maximum atomic E-state index is 12.9. The SMILES string of the molecule is COc1cccc(Nc2cncc(C(=O)Nc3ccc(F)cc3)c2)c1. The van der Waals surface area contributed by atoms with E-state index >= 15 is 0 Å². The van der Waals surface area contributed by atoms with Crippen LogP contribution in [-0.4, -0.2) is 18.0 Å². The minimum Gasteiger partial charge on any atom is -0.497 e. The van der Waals surface area contributed by atoms with E-state index in [9.17, 15) is 9.18 Å². The van der Waals surface area contributed by atoms with Crippen molar-refractivity contribution in [3.8, 4) is 5.75 Å². The number of ether oxygens (including phenoxy) is 1. The summed E-state index contributed by atoms with van der Waals surface area (Å²) in [5.74, 6) is 0.0423. The van der Waals surface area contributed by atoms with Crippen molar-refractivity contribution in [3.63, 3.8) is 0 Å². The molecule has 0 aliphatic rings. The molecule has 0 spiro atoms. The Balaban J connectivity index is 1.74. The van der Waals surface area contributed by atoms with Crippen molar-refractivity contribution >= 4 is 23.0 Å². The summed E-state index contributed by atoms with van der Waals surface area (Å²) in [4.78, 5) is 16.4. The first-order chi connectivity index (χ1) is 12.1. The minimum absolute atomic E-state index is 0.326. The normalized spacial score (nSPS) is 10.2. The van der Waals surface area contributed by atoms with Gasteiger partial charge >= 0.3 is 0 Å². The predicted octanol–water partition coefficient (Wildman–Crippen LogP) is 4.23. The topological polar surface area (TPSA) is 63.2 Å². The van der Waals surface area contributed by atoms with E-state index in [1.54, 1.807) is 19.4 Å². The molecule has 0 atom stereocenters. The van der Waals surface area contributed by atoms with Crippen molar-refractivity contribution < 1.29 is 13.9 Å². The number of aromatic nitrogens is 1. The van der Waals surface area contributed by atoms with Crippen LogP contribution in [0.15, 0.2) is 67.0 Å². The summed E-state index contributed by atoms with van der Waals surface area (Å²) in [6, 6.07) is 14.7. The van der Waals surface area contributed by atoms with Crippen LogP contribution in [0.3, 0.4) is 0 Å². The van der Waals surface area contributed by atoms with Crippen LogP contribution in [0.2, 0.25) is 0 Å². The first kappa shape index (κ1) is 16.4. The highest BCUT2D eigenvalue weighted by atomic mass is 19.1. The number of amides is 1. The van der Waals surface area contributed by atoms with Gasteiger partial charge < -0.3 is 15.4 Å². The van der Waals surface area contributed by atoms with Crippen molar-refractivity contribution in [1.29, 1.82) is 0 Å². The molecule has 1 aromatic heterocycles. The second-order valence-corrected chi connectivity index (χ2v) is 5.28. The zero-order valence-corrected chi connectivity index (χ0v) is 13.5. The van der Waals surface area contributed by atoms with Crippen LogP contribution in [-0.2, 0) is 0 Å². The van der Waals surface area contributed by atoms with Crippen molar-refractivity contribution in [2.24, 2.45) is 0 Å². The maximum absolute atomic E-state index is 12.9. The third-order valence-electron chi connectivity index (χ3n) is 3.46. The van der Waals surface area contributed by atoms with E-state index in [4.69, 9.17) is 4.74 Å². The Hall–Kier alpha value is -3.41. The van der Waals surface area contributed by atoms with Crippen LogP contribution in [0, 0.1) is 5.82 Å². The molecule has 1 amide bonds. The second kappa shape index (κ2) is 7.44. The molecule has 2 N–H and O–H groups in total. The van der Waals surface area contributed by atoms with Gasteiger partial charge in [-0.1, -0.05) is 6.07 Å². The van der Waals surface area contributed by atoms with Crippen molar-refractivity contribution in [3.05, 3.63) is 78.4 Å². The molecule has 1 heterocycles. The third kappa shape index (κ3) is 4.32. The number of pyridine rings is 1. The Labute approximate surface area is 144 Å². The molecule has 0 radical (unpaired) electrons. The van der Waals surface area contributed by atoms with Gasteiger partial charge in [-0.25, -0.2) is 4.39 Å². The van der Waals surface area contributed by atoms with E-state index in [2.05, 4.69) is 15.6 Å². The van der Waals surface area contributed by atoms with E-state index in [1.807, 2.05) is 24.3 Å².